The first-order chi connectivity index (χ1) is 14.9. The Labute approximate surface area is 185 Å². The highest BCUT2D eigenvalue weighted by Crippen LogP contribution is 2.35. The molecule has 0 fully saturated rings. The molecule has 0 aliphatic rings. The van der Waals surface area contributed by atoms with Crippen molar-refractivity contribution in [3.8, 4) is 17.0 Å². The van der Waals surface area contributed by atoms with Gasteiger partial charge in [-0.15, -0.1) is 0 Å². The Kier molecular flexibility index (Phi) is 6.43. The Hall–Kier alpha value is -2.79. The van der Waals surface area contributed by atoms with E-state index in [1.54, 1.807) is 20.8 Å². The lowest BCUT2D eigenvalue weighted by molar-refractivity contribution is 0.157. The molecule has 3 rings (SSSR count). The number of nitrogens with two attached hydrogens (primary N) is 1. The van der Waals surface area contributed by atoms with Crippen LogP contribution < -0.4 is 10.5 Å². The highest BCUT2D eigenvalue weighted by atomic mass is 32.2. The summed E-state index contributed by atoms with van der Waals surface area (Å²) in [6.07, 6.45) is 3.20. The fraction of sp³-hybridized carbons (Fsp3) is 0.429. The Bertz CT molecular complexity index is 1250. The Morgan fingerprint density at radius 2 is 1.97 bits per heavy atom. The third-order valence-electron chi connectivity index (χ3n) is 5.21. The lowest BCUT2D eigenvalue weighted by Gasteiger charge is -2.22. The van der Waals surface area contributed by atoms with Gasteiger partial charge in [-0.2, -0.15) is 9.37 Å². The van der Waals surface area contributed by atoms with Crippen molar-refractivity contribution in [1.29, 1.82) is 0 Å². The normalized spacial score (nSPS) is 13.5. The number of nitrogen functional groups attached to an aromatic ring is 1. The molecule has 0 spiro atoms. The summed E-state index contributed by atoms with van der Waals surface area (Å²) in [5.74, 6) is -2.61. The van der Waals surface area contributed by atoms with Crippen LogP contribution in [0.1, 0.15) is 34.1 Å². The molecule has 0 bridgehead atoms. The summed E-state index contributed by atoms with van der Waals surface area (Å²) in [4.78, 5) is 7.42. The van der Waals surface area contributed by atoms with E-state index < -0.39 is 32.2 Å². The molecule has 1 unspecified atom stereocenters. The predicted molar refractivity (Wildman–Crippen MR) is 116 cm³/mol. The molecule has 0 amide bonds. The number of sulfone groups is 1. The van der Waals surface area contributed by atoms with Crippen molar-refractivity contribution in [2.45, 2.75) is 43.8 Å². The number of hydrogen-bond acceptors (Lipinski definition) is 7. The maximum atomic E-state index is 14.4. The van der Waals surface area contributed by atoms with Gasteiger partial charge in [-0.1, -0.05) is 6.92 Å². The van der Waals surface area contributed by atoms with Crippen LogP contribution in [0.4, 0.5) is 14.6 Å². The van der Waals surface area contributed by atoms with Crippen LogP contribution in [-0.4, -0.2) is 45.9 Å². The first-order valence-corrected chi connectivity index (χ1v) is 11.5. The van der Waals surface area contributed by atoms with Crippen molar-refractivity contribution in [2.24, 2.45) is 5.92 Å². The second-order valence-corrected chi connectivity index (χ2v) is 11.1. The number of ether oxygens (including phenoxy) is 1. The van der Waals surface area contributed by atoms with Crippen molar-refractivity contribution < 1.29 is 27.0 Å². The number of hydrogen-bond donors (Lipinski definition) is 2. The van der Waals surface area contributed by atoms with Gasteiger partial charge in [-0.25, -0.2) is 17.8 Å². The van der Waals surface area contributed by atoms with E-state index in [-0.39, 0.29) is 46.7 Å². The predicted octanol–water partition coefficient (Wildman–Crippen LogP) is 3.23. The molecule has 0 saturated heterocycles. The second-order valence-electron chi connectivity index (χ2n) is 8.45. The van der Waals surface area contributed by atoms with Crippen LogP contribution in [0.5, 0.6) is 5.75 Å². The van der Waals surface area contributed by atoms with Gasteiger partial charge in [0.2, 0.25) is 5.95 Å². The molecule has 174 valence electrons. The Morgan fingerprint density at radius 1 is 1.28 bits per heavy atom. The lowest BCUT2D eigenvalue weighted by atomic mass is 10.1. The van der Waals surface area contributed by atoms with Crippen molar-refractivity contribution >= 4 is 21.3 Å². The summed E-state index contributed by atoms with van der Waals surface area (Å²) in [6.45, 7) is 6.52. The van der Waals surface area contributed by atoms with Crippen LogP contribution in [-0.2, 0) is 9.84 Å². The van der Waals surface area contributed by atoms with Crippen LogP contribution >= 0.6 is 0 Å². The van der Waals surface area contributed by atoms with E-state index >= 15 is 0 Å². The number of aromatic nitrogens is 3. The molecule has 8 nitrogen and oxygen atoms in total. The van der Waals surface area contributed by atoms with Crippen molar-refractivity contribution in [2.75, 3.05) is 18.9 Å². The van der Waals surface area contributed by atoms with E-state index in [0.29, 0.717) is 6.42 Å². The molecule has 0 aliphatic heterocycles. The molecular formula is C21H26F2N4O4S. The highest BCUT2D eigenvalue weighted by Gasteiger charge is 2.35. The first-order valence-electron chi connectivity index (χ1n) is 10.0. The largest absolute Gasteiger partial charge is 0.492 e. The van der Waals surface area contributed by atoms with Crippen LogP contribution in [0.2, 0.25) is 0 Å². The van der Waals surface area contributed by atoms with Gasteiger partial charge in [-0.3, -0.25) is 4.40 Å². The summed E-state index contributed by atoms with van der Waals surface area (Å²) < 4.78 is 61.0. The quantitative estimate of drug-likeness (QED) is 0.511. The van der Waals surface area contributed by atoms with Gasteiger partial charge in [0, 0.05) is 24.8 Å². The molecule has 0 saturated carbocycles. The van der Waals surface area contributed by atoms with E-state index in [2.05, 4.69) is 9.97 Å². The second kappa shape index (κ2) is 8.62. The maximum Gasteiger partial charge on any atom is 0.224 e. The van der Waals surface area contributed by atoms with Gasteiger partial charge in [0.1, 0.15) is 16.3 Å². The van der Waals surface area contributed by atoms with E-state index in [0.717, 1.165) is 6.07 Å². The topological polar surface area (TPSA) is 120 Å². The maximum absolute atomic E-state index is 14.4. The standard InChI is InChI=1S/C21H26F2N4O4S/c1-5-12(10-28)11-31-16-7-18-25-8-15(13-6-14(22)20(24)26-19(13)23)27(18)9-17(16)32(29,30)21(2,3)4/h6-9,12,28H,5,10-11H2,1-4H3,(H2,24,26). The highest BCUT2D eigenvalue weighted by molar-refractivity contribution is 7.92. The number of rotatable bonds is 7. The van der Waals surface area contributed by atoms with Crippen molar-refractivity contribution in [3.63, 3.8) is 0 Å². The molecular weight excluding hydrogens is 442 g/mol. The monoisotopic (exact) mass is 468 g/mol. The average Bonchev–Trinajstić information content (AvgIpc) is 3.12. The van der Waals surface area contributed by atoms with Crippen LogP contribution in [0.25, 0.3) is 16.9 Å². The molecule has 11 heteroatoms. The third kappa shape index (κ3) is 4.26. The van der Waals surface area contributed by atoms with E-state index in [9.17, 15) is 22.3 Å². The number of halogens is 2. The molecule has 0 radical (unpaired) electrons. The molecule has 32 heavy (non-hydrogen) atoms. The van der Waals surface area contributed by atoms with Gasteiger partial charge in [0.25, 0.3) is 0 Å². The van der Waals surface area contributed by atoms with Crippen LogP contribution in [0, 0.1) is 17.7 Å². The summed E-state index contributed by atoms with van der Waals surface area (Å²) in [5, 5.41) is 9.44. The zero-order valence-corrected chi connectivity index (χ0v) is 19.1. The molecule has 3 aromatic rings. The number of aliphatic hydroxyl groups excluding tert-OH is 1. The van der Waals surface area contributed by atoms with Gasteiger partial charge < -0.3 is 15.6 Å². The summed E-state index contributed by atoms with van der Waals surface area (Å²) >= 11 is 0. The Morgan fingerprint density at radius 3 is 2.56 bits per heavy atom. The van der Waals surface area contributed by atoms with Gasteiger partial charge in [-0.05, 0) is 33.3 Å². The summed E-state index contributed by atoms with van der Waals surface area (Å²) in [6, 6.07) is 2.31. The molecule has 0 aliphatic carbocycles. The first kappa shape index (κ1) is 23.9. The Balaban J connectivity index is 2.24. The van der Waals surface area contributed by atoms with E-state index in [1.807, 2.05) is 6.92 Å². The summed E-state index contributed by atoms with van der Waals surface area (Å²) in [7, 11) is -3.90. The summed E-state index contributed by atoms with van der Waals surface area (Å²) in [5.41, 5.74) is 5.46. The minimum atomic E-state index is -3.90. The van der Waals surface area contributed by atoms with E-state index in [4.69, 9.17) is 10.5 Å². The van der Waals surface area contributed by atoms with Crippen molar-refractivity contribution in [3.05, 3.63) is 36.3 Å². The van der Waals surface area contributed by atoms with Gasteiger partial charge in [0.05, 0.1) is 28.8 Å². The van der Waals surface area contributed by atoms with Gasteiger partial charge in [0.15, 0.2) is 21.5 Å². The average molecular weight is 469 g/mol. The molecule has 3 aromatic heterocycles. The number of fused-ring (bicyclic) bond motifs is 1. The molecule has 3 heterocycles. The molecule has 3 N–H and O–H groups in total. The third-order valence-corrected chi connectivity index (χ3v) is 7.71. The fourth-order valence-electron chi connectivity index (χ4n) is 3.00. The number of nitrogens with zero attached hydrogens (tertiary/aromatic N) is 3. The zero-order valence-electron chi connectivity index (χ0n) is 18.3. The smallest absolute Gasteiger partial charge is 0.224 e. The number of anilines is 1. The van der Waals surface area contributed by atoms with Gasteiger partial charge >= 0.3 is 0 Å². The minimum absolute atomic E-state index is 0.0681. The van der Waals surface area contributed by atoms with E-state index in [1.165, 1.54) is 22.9 Å². The zero-order chi connectivity index (χ0) is 23.8. The minimum Gasteiger partial charge on any atom is -0.492 e. The fourth-order valence-corrected chi connectivity index (χ4v) is 4.28. The van der Waals surface area contributed by atoms with Crippen LogP contribution in [0.3, 0.4) is 0 Å². The van der Waals surface area contributed by atoms with Crippen molar-refractivity contribution in [1.82, 2.24) is 14.4 Å². The number of aliphatic hydroxyl groups is 1. The lowest BCUT2D eigenvalue weighted by Crippen LogP contribution is -2.29. The van der Waals surface area contributed by atoms with Crippen LogP contribution in [0.15, 0.2) is 29.4 Å². The SMILES string of the molecule is CCC(CO)COc1cc2ncc(-c3cc(F)c(N)nc3F)n2cc1S(=O)(=O)C(C)(C)C. The molecule has 0 aromatic carbocycles. The number of pyridine rings is 2. The number of imidazole rings is 1. The molecule has 1 atom stereocenters.